The lowest BCUT2D eigenvalue weighted by atomic mass is 9.27. The molecule has 0 aromatic heterocycles. The van der Waals surface area contributed by atoms with Gasteiger partial charge in [-0.05, 0) is 135 Å². The SMILES string of the molecule is CC(C)CC[C@]1(C)CCC2=C[C@@H]3[C@@H]4C5=C2[C@]26C(=O)O/C(=C(\O)C[C@H](C)N7C[C@H]8C[C@@H](C7)[C@@H]7C=CC(=C4N7C8)C[C@@H]3C)[C@@]2(CC5)[C@]2(OC(=O)c3c(CCCN)cccc32)[C@H]6C1. The summed E-state index contributed by atoms with van der Waals surface area (Å²) in [6.45, 7) is 15.4. The van der Waals surface area contributed by atoms with Crippen LogP contribution >= 0.6 is 0 Å². The van der Waals surface area contributed by atoms with Crippen LogP contribution in [0.3, 0.4) is 0 Å². The number of carbonyl (C=O) groups excluding carboxylic acids is 2. The van der Waals surface area contributed by atoms with E-state index in [9.17, 15) is 9.90 Å². The van der Waals surface area contributed by atoms with E-state index in [-0.39, 0.29) is 41.0 Å². The van der Waals surface area contributed by atoms with E-state index in [2.05, 4.69) is 80.8 Å². The Balaban J connectivity index is 1.17. The highest BCUT2D eigenvalue weighted by Gasteiger charge is 2.94. The minimum Gasteiger partial charge on any atom is -0.509 e. The average molecular weight is 812 g/mol. The van der Waals surface area contributed by atoms with E-state index in [1.54, 1.807) is 5.70 Å². The molecule has 14 aliphatic rings. The lowest BCUT2D eigenvalue weighted by Crippen LogP contribution is -2.78. The monoisotopic (exact) mass is 811 g/mol. The first-order valence-electron chi connectivity index (χ1n) is 23.9. The number of nitrogens with zero attached hydrogens (tertiary/aromatic N) is 2. The third kappa shape index (κ3) is 4.51. The predicted octanol–water partition coefficient (Wildman–Crippen LogP) is 9.04. The van der Waals surface area contributed by atoms with Gasteiger partial charge in [-0.2, -0.15) is 0 Å². The lowest BCUT2D eigenvalue weighted by molar-refractivity contribution is -0.283. The number of hydrogen-bond acceptors (Lipinski definition) is 8. The maximum atomic E-state index is 16.0. The Labute approximate surface area is 356 Å². The van der Waals surface area contributed by atoms with E-state index in [0.29, 0.717) is 72.8 Å². The molecule has 8 heteroatoms. The minimum atomic E-state index is -1.16. The number of carbonyl (C=O) groups is 2. The van der Waals surface area contributed by atoms with Gasteiger partial charge in [-0.1, -0.05) is 76.1 Å². The quantitative estimate of drug-likeness (QED) is 0.275. The van der Waals surface area contributed by atoms with Gasteiger partial charge in [0.2, 0.25) is 0 Å². The van der Waals surface area contributed by atoms with E-state index in [1.165, 1.54) is 28.7 Å². The Hall–Kier alpha value is -3.62. The fourth-order valence-corrected chi connectivity index (χ4v) is 16.4. The highest BCUT2D eigenvalue weighted by Crippen LogP contribution is 2.88. The topological polar surface area (TPSA) is 105 Å². The second-order valence-electron chi connectivity index (χ2n) is 22.3. The van der Waals surface area contributed by atoms with Crippen LogP contribution in [0, 0.1) is 57.7 Å². The van der Waals surface area contributed by atoms with Crippen molar-refractivity contribution in [1.29, 1.82) is 0 Å². The number of aliphatic hydroxyl groups excluding tert-OH is 1. The van der Waals surface area contributed by atoms with Crippen LogP contribution in [0.15, 0.2) is 75.9 Å². The Morgan fingerprint density at radius 3 is 2.73 bits per heavy atom. The van der Waals surface area contributed by atoms with Crippen LogP contribution in [0.1, 0.15) is 127 Å². The molecular formula is C52H65N3O5. The van der Waals surface area contributed by atoms with Crippen LogP contribution in [-0.4, -0.2) is 65.1 Å². The molecule has 5 aliphatic carbocycles. The van der Waals surface area contributed by atoms with Gasteiger partial charge in [-0.3, -0.25) is 9.69 Å². The first kappa shape index (κ1) is 38.1. The summed E-state index contributed by atoms with van der Waals surface area (Å²) in [5.41, 5.74) is 12.2. The van der Waals surface area contributed by atoms with Crippen molar-refractivity contribution < 1.29 is 24.2 Å². The standard InChI is InChI=1S/C52H65N3O5/c1-28(2)13-16-49(5)17-14-33-23-37-29(3)20-34-11-12-39-35-22-31-25-54(27-35)30(4)21-40(56)46-50-18-15-36(43(37)45(34)55(39)26-31)44(33)51(50,48(58)59-46)41(24-49)52(50)38-10-6-8-32(9-7-19-53)42(38)47(57)60-52/h6,8,10-12,23,28-31,35,37,39,41,43,56H,7,9,13-22,24-27,53H2,1-5H3/b46-40-/t29-,30-,31+,35-,37-,39-,41-,43-,49+,50+,51+,52+/m0/s1. The molecule has 1 unspecified atom stereocenters. The van der Waals surface area contributed by atoms with Crippen LogP contribution < -0.4 is 5.73 Å². The van der Waals surface area contributed by atoms with Gasteiger partial charge in [0.05, 0.1) is 17.0 Å². The number of benzene rings is 1. The van der Waals surface area contributed by atoms with Crippen molar-refractivity contribution in [2.24, 2.45) is 63.4 Å². The van der Waals surface area contributed by atoms with Crippen LogP contribution in [-0.2, 0) is 26.3 Å². The predicted molar refractivity (Wildman–Crippen MR) is 230 cm³/mol. The molecule has 3 N–H and O–H groups in total. The first-order valence-corrected chi connectivity index (χ1v) is 23.9. The van der Waals surface area contributed by atoms with Crippen molar-refractivity contribution >= 4 is 11.9 Å². The van der Waals surface area contributed by atoms with Gasteiger partial charge in [-0.25, -0.2) is 4.79 Å². The number of allylic oxidation sites excluding steroid dienone is 5. The van der Waals surface area contributed by atoms with Gasteiger partial charge in [0.25, 0.3) is 0 Å². The Morgan fingerprint density at radius 2 is 1.92 bits per heavy atom. The fourth-order valence-electron chi connectivity index (χ4n) is 16.4. The van der Waals surface area contributed by atoms with Crippen molar-refractivity contribution in [3.8, 4) is 0 Å². The average Bonchev–Trinajstić information content (AvgIpc) is 3.68. The first-order chi connectivity index (χ1) is 28.9. The number of rotatable bonds is 6. The molecule has 12 bridgehead atoms. The van der Waals surface area contributed by atoms with E-state index in [0.717, 1.165) is 82.1 Å². The molecule has 1 aromatic rings. The number of aliphatic hydroxyl groups is 1. The molecule has 5 fully saturated rings. The summed E-state index contributed by atoms with van der Waals surface area (Å²) in [5.74, 6) is 2.34. The molecule has 1 aromatic carbocycles. The zero-order chi connectivity index (χ0) is 41.2. The molecule has 0 radical (unpaired) electrons. The molecule has 9 heterocycles. The summed E-state index contributed by atoms with van der Waals surface area (Å²) in [4.78, 5) is 36.3. The molecule has 13 atom stereocenters. The Bertz CT molecular complexity index is 2280. The van der Waals surface area contributed by atoms with Crippen LogP contribution in [0.2, 0.25) is 0 Å². The number of nitrogens with two attached hydrogens (primary N) is 1. The molecular weight excluding hydrogens is 747 g/mol. The summed E-state index contributed by atoms with van der Waals surface area (Å²) in [5, 5.41) is 12.9. The highest BCUT2D eigenvalue weighted by molar-refractivity contribution is 6.01. The normalized spacial score (nSPS) is 45.1. The number of aryl methyl sites for hydroxylation is 1. The third-order valence-corrected chi connectivity index (χ3v) is 18.8. The summed E-state index contributed by atoms with van der Waals surface area (Å²) in [6.07, 6.45) is 18.1. The minimum absolute atomic E-state index is 0.0474. The van der Waals surface area contributed by atoms with Crippen molar-refractivity contribution in [3.05, 3.63) is 92.6 Å². The van der Waals surface area contributed by atoms with Crippen LogP contribution in [0.5, 0.6) is 0 Å². The van der Waals surface area contributed by atoms with Gasteiger partial charge in [0, 0.05) is 55.2 Å². The molecule has 8 nitrogen and oxygen atoms in total. The van der Waals surface area contributed by atoms with E-state index in [1.807, 2.05) is 0 Å². The van der Waals surface area contributed by atoms with Crippen LogP contribution in [0.4, 0.5) is 0 Å². The zero-order valence-electron chi connectivity index (χ0n) is 36.5. The zero-order valence-corrected chi connectivity index (χ0v) is 36.5. The largest absolute Gasteiger partial charge is 0.509 e. The molecule has 9 aliphatic heterocycles. The Kier molecular flexibility index (Phi) is 8.09. The lowest BCUT2D eigenvalue weighted by Gasteiger charge is -2.73. The molecule has 60 heavy (non-hydrogen) atoms. The number of hydrogen-bond donors (Lipinski definition) is 2. The van der Waals surface area contributed by atoms with E-state index < -0.39 is 16.4 Å². The fraction of sp³-hybridized carbons (Fsp3) is 0.654. The van der Waals surface area contributed by atoms with Gasteiger partial charge in [-0.15, -0.1) is 0 Å². The second kappa shape index (κ2) is 12.7. The number of esters is 2. The summed E-state index contributed by atoms with van der Waals surface area (Å²) < 4.78 is 14.1. The summed E-state index contributed by atoms with van der Waals surface area (Å²) in [7, 11) is 0. The van der Waals surface area contributed by atoms with Crippen molar-refractivity contribution in [1.82, 2.24) is 9.80 Å². The molecule has 318 valence electrons. The number of piperidine rings is 2. The van der Waals surface area contributed by atoms with E-state index in [4.69, 9.17) is 15.2 Å². The molecule has 0 amide bonds. The maximum absolute atomic E-state index is 16.0. The van der Waals surface area contributed by atoms with Gasteiger partial charge >= 0.3 is 11.9 Å². The number of fused-ring (bicyclic) bond motifs is 3. The van der Waals surface area contributed by atoms with Gasteiger partial charge < -0.3 is 25.2 Å². The smallest absolute Gasteiger partial charge is 0.339 e. The van der Waals surface area contributed by atoms with Crippen molar-refractivity contribution in [2.75, 3.05) is 26.2 Å². The van der Waals surface area contributed by atoms with E-state index >= 15 is 4.79 Å². The van der Waals surface area contributed by atoms with Gasteiger partial charge in [0.1, 0.15) is 11.2 Å². The molecule has 3 spiro atoms. The summed E-state index contributed by atoms with van der Waals surface area (Å²) in [6, 6.07) is 6.69. The van der Waals surface area contributed by atoms with Crippen molar-refractivity contribution in [2.45, 2.75) is 129 Å². The molecule has 3 saturated heterocycles. The van der Waals surface area contributed by atoms with Gasteiger partial charge in [0.15, 0.2) is 11.4 Å². The molecule has 2 saturated carbocycles. The molecule has 15 rings (SSSR count). The highest BCUT2D eigenvalue weighted by atomic mass is 16.6. The van der Waals surface area contributed by atoms with Crippen LogP contribution in [0.25, 0.3) is 0 Å². The van der Waals surface area contributed by atoms with Crippen molar-refractivity contribution in [3.63, 3.8) is 0 Å². The third-order valence-electron chi connectivity index (χ3n) is 18.8. The Morgan fingerprint density at radius 1 is 1.07 bits per heavy atom. The summed E-state index contributed by atoms with van der Waals surface area (Å²) >= 11 is 0. The second-order valence-corrected chi connectivity index (χ2v) is 22.3. The number of ether oxygens (including phenoxy) is 2. The maximum Gasteiger partial charge on any atom is 0.339 e.